The first-order valence-corrected chi connectivity index (χ1v) is 12.1. The number of allylic oxidation sites excluding steroid dienone is 2. The van der Waals surface area contributed by atoms with Gasteiger partial charge in [-0.1, -0.05) is 27.6 Å². The van der Waals surface area contributed by atoms with Crippen molar-refractivity contribution in [3.63, 3.8) is 0 Å². The zero-order valence-corrected chi connectivity index (χ0v) is 20.5. The van der Waals surface area contributed by atoms with Gasteiger partial charge in [0, 0.05) is 22.7 Å². The van der Waals surface area contributed by atoms with Gasteiger partial charge >= 0.3 is 5.97 Å². The number of hydrogen-bond acceptors (Lipinski definition) is 4. The summed E-state index contributed by atoms with van der Waals surface area (Å²) in [6.45, 7) is 10.5. The lowest BCUT2D eigenvalue weighted by Gasteiger charge is -2.47. The minimum atomic E-state index is -0.866. The monoisotopic (exact) mass is 478 g/mol. The van der Waals surface area contributed by atoms with E-state index in [1.165, 1.54) is 5.57 Å². The van der Waals surface area contributed by atoms with Gasteiger partial charge in [-0.25, -0.2) is 0 Å². The number of ether oxygens (including phenoxy) is 2. The number of fused-ring (bicyclic) bond motifs is 3. The van der Waals surface area contributed by atoms with Crippen molar-refractivity contribution >= 4 is 21.9 Å². The smallest absolute Gasteiger partial charge is 0.315 e. The molecule has 0 bridgehead atoms. The number of carbonyl (C=O) groups is 1. The number of benzene rings is 1. The van der Waals surface area contributed by atoms with E-state index in [9.17, 15) is 9.90 Å². The van der Waals surface area contributed by atoms with E-state index in [1.807, 2.05) is 19.9 Å². The van der Waals surface area contributed by atoms with Gasteiger partial charge in [-0.15, -0.1) is 0 Å². The maximum atomic E-state index is 12.8. The van der Waals surface area contributed by atoms with Crippen LogP contribution in [0, 0.1) is 5.92 Å². The predicted octanol–water partition coefficient (Wildman–Crippen LogP) is 6.39. The topological polar surface area (TPSA) is 55.8 Å². The molecule has 1 aromatic carbocycles. The standard InChI is InChI=1S/C25H35BrO4/c1-16-9-10-19-18(13-16)22-20(27)14-17(15-21(22)30-25(19,4)5)24(2,3)23(28)29-12-8-6-7-11-26/h9,14-15,18-19,27H,6-8,10-13H2,1-5H3/t18-,19+/m1/s1. The van der Waals surface area contributed by atoms with E-state index in [4.69, 9.17) is 9.47 Å². The summed E-state index contributed by atoms with van der Waals surface area (Å²) in [7, 11) is 0. The highest BCUT2D eigenvalue weighted by Crippen LogP contribution is 2.54. The number of unbranched alkanes of at least 4 members (excludes halogenated alkanes) is 2. The van der Waals surface area contributed by atoms with Crippen LogP contribution >= 0.6 is 15.9 Å². The molecule has 0 unspecified atom stereocenters. The van der Waals surface area contributed by atoms with E-state index in [0.29, 0.717) is 18.3 Å². The molecule has 5 heteroatoms. The average molecular weight is 479 g/mol. The van der Waals surface area contributed by atoms with Crippen LogP contribution in [0.25, 0.3) is 0 Å². The van der Waals surface area contributed by atoms with Crippen LogP contribution < -0.4 is 4.74 Å². The Labute approximate surface area is 189 Å². The molecule has 2 aliphatic rings. The lowest BCUT2D eigenvalue weighted by molar-refractivity contribution is -0.149. The zero-order chi connectivity index (χ0) is 22.1. The van der Waals surface area contributed by atoms with E-state index in [1.54, 1.807) is 6.07 Å². The van der Waals surface area contributed by atoms with Crippen molar-refractivity contribution in [1.29, 1.82) is 0 Å². The summed E-state index contributed by atoms with van der Waals surface area (Å²) in [5.74, 6) is 1.20. The second-order valence-corrected chi connectivity index (χ2v) is 10.6. The first-order valence-electron chi connectivity index (χ1n) is 11.0. The van der Waals surface area contributed by atoms with Crippen molar-refractivity contribution in [1.82, 2.24) is 0 Å². The Bertz CT molecular complexity index is 825. The van der Waals surface area contributed by atoms with Crippen molar-refractivity contribution in [2.24, 2.45) is 5.92 Å². The molecule has 3 rings (SSSR count). The third-order valence-electron chi connectivity index (χ3n) is 6.75. The van der Waals surface area contributed by atoms with Crippen molar-refractivity contribution in [2.45, 2.75) is 83.7 Å². The molecule has 4 nitrogen and oxygen atoms in total. The molecular weight excluding hydrogens is 444 g/mol. The van der Waals surface area contributed by atoms with Crippen LogP contribution in [-0.4, -0.2) is 28.6 Å². The summed E-state index contributed by atoms with van der Waals surface area (Å²) in [6, 6.07) is 3.67. The molecule has 1 aliphatic carbocycles. The quantitative estimate of drug-likeness (QED) is 0.213. The number of alkyl halides is 1. The molecule has 166 valence electrons. The Morgan fingerprint density at radius 3 is 2.73 bits per heavy atom. The number of phenolic OH excluding ortho intramolecular Hbond substituents is 1. The third kappa shape index (κ3) is 4.56. The van der Waals surface area contributed by atoms with Crippen molar-refractivity contribution in [2.75, 3.05) is 11.9 Å². The molecule has 0 saturated carbocycles. The summed E-state index contributed by atoms with van der Waals surface area (Å²) in [4.78, 5) is 12.8. The second kappa shape index (κ2) is 8.94. The molecule has 2 atom stereocenters. The lowest BCUT2D eigenvalue weighted by atomic mass is 9.67. The molecule has 0 spiro atoms. The van der Waals surface area contributed by atoms with Crippen molar-refractivity contribution in [3.8, 4) is 11.5 Å². The average Bonchev–Trinajstić information content (AvgIpc) is 2.66. The number of esters is 1. The summed E-state index contributed by atoms with van der Waals surface area (Å²) in [5.41, 5.74) is 1.76. The molecule has 1 heterocycles. The van der Waals surface area contributed by atoms with Crippen LogP contribution in [0.4, 0.5) is 0 Å². The molecule has 1 aromatic rings. The highest BCUT2D eigenvalue weighted by Gasteiger charge is 2.46. The second-order valence-electron chi connectivity index (χ2n) is 9.83. The van der Waals surface area contributed by atoms with Gasteiger partial charge < -0.3 is 14.6 Å². The van der Waals surface area contributed by atoms with Gasteiger partial charge in [-0.2, -0.15) is 0 Å². The van der Waals surface area contributed by atoms with Gasteiger partial charge in [0.05, 0.1) is 12.0 Å². The maximum Gasteiger partial charge on any atom is 0.315 e. The van der Waals surface area contributed by atoms with E-state index in [2.05, 4.69) is 42.8 Å². The van der Waals surface area contributed by atoms with Crippen molar-refractivity contribution in [3.05, 3.63) is 34.9 Å². The fourth-order valence-electron chi connectivity index (χ4n) is 4.76. The summed E-state index contributed by atoms with van der Waals surface area (Å²) in [5, 5.41) is 12.0. The normalized spacial score (nSPS) is 22.4. The van der Waals surface area contributed by atoms with Gasteiger partial charge in [0.15, 0.2) is 0 Å². The highest BCUT2D eigenvalue weighted by molar-refractivity contribution is 9.09. The van der Waals surface area contributed by atoms with Crippen LogP contribution in [0.15, 0.2) is 23.8 Å². The Balaban J connectivity index is 1.86. The Morgan fingerprint density at radius 1 is 1.30 bits per heavy atom. The molecule has 0 aromatic heterocycles. The van der Waals surface area contributed by atoms with Gasteiger partial charge in [0.2, 0.25) is 0 Å². The molecular formula is C25H35BrO4. The predicted molar refractivity (Wildman–Crippen MR) is 124 cm³/mol. The van der Waals surface area contributed by atoms with E-state index < -0.39 is 5.41 Å². The molecule has 1 aliphatic heterocycles. The number of phenols is 1. The number of rotatable bonds is 7. The molecule has 1 N–H and O–H groups in total. The number of aromatic hydroxyl groups is 1. The fraction of sp³-hybridized carbons (Fsp3) is 0.640. The van der Waals surface area contributed by atoms with Crippen LogP contribution in [0.2, 0.25) is 0 Å². The van der Waals surface area contributed by atoms with Gasteiger partial charge in [0.1, 0.15) is 17.1 Å². The van der Waals surface area contributed by atoms with Crippen LogP contribution in [0.5, 0.6) is 11.5 Å². The Hall–Kier alpha value is -1.49. The maximum absolute atomic E-state index is 12.8. The summed E-state index contributed by atoms with van der Waals surface area (Å²) < 4.78 is 11.9. The van der Waals surface area contributed by atoms with E-state index in [-0.39, 0.29) is 23.2 Å². The first kappa shape index (κ1) is 23.2. The molecule has 0 fully saturated rings. The van der Waals surface area contributed by atoms with Gasteiger partial charge in [-0.05, 0) is 84.4 Å². The molecule has 0 saturated heterocycles. The fourth-order valence-corrected chi connectivity index (χ4v) is 5.16. The van der Waals surface area contributed by atoms with E-state index in [0.717, 1.165) is 48.6 Å². The first-order chi connectivity index (χ1) is 14.1. The lowest BCUT2D eigenvalue weighted by Crippen LogP contribution is -2.45. The summed E-state index contributed by atoms with van der Waals surface area (Å²) in [6.07, 6.45) is 7.13. The van der Waals surface area contributed by atoms with Gasteiger partial charge in [-0.3, -0.25) is 4.79 Å². The number of halogens is 1. The molecule has 30 heavy (non-hydrogen) atoms. The molecule has 0 radical (unpaired) electrons. The largest absolute Gasteiger partial charge is 0.508 e. The van der Waals surface area contributed by atoms with Crippen molar-refractivity contribution < 1.29 is 19.4 Å². The highest BCUT2D eigenvalue weighted by atomic mass is 79.9. The minimum absolute atomic E-state index is 0.223. The summed E-state index contributed by atoms with van der Waals surface area (Å²) >= 11 is 3.42. The molecule has 0 amide bonds. The minimum Gasteiger partial charge on any atom is -0.508 e. The van der Waals surface area contributed by atoms with Gasteiger partial charge in [0.25, 0.3) is 0 Å². The third-order valence-corrected chi connectivity index (χ3v) is 7.31. The number of carbonyl (C=O) groups excluding carboxylic acids is 1. The zero-order valence-electron chi connectivity index (χ0n) is 18.9. The Kier molecular flexibility index (Phi) is 6.91. The van der Waals surface area contributed by atoms with E-state index >= 15 is 0 Å². The number of hydrogen-bond donors (Lipinski definition) is 1. The van der Waals surface area contributed by atoms with Crippen LogP contribution in [-0.2, 0) is 14.9 Å². The van der Waals surface area contributed by atoms with Crippen LogP contribution in [0.1, 0.15) is 83.8 Å². The van der Waals surface area contributed by atoms with Crippen LogP contribution in [0.3, 0.4) is 0 Å². The Morgan fingerprint density at radius 2 is 2.03 bits per heavy atom. The SMILES string of the molecule is CC1=CC[C@H]2[C@@H](C1)c1c(O)cc(C(C)(C)C(=O)OCCCCCBr)cc1OC2(C)C.